The van der Waals surface area contributed by atoms with Crippen molar-refractivity contribution >= 4 is 37.2 Å². The third-order valence-electron chi connectivity index (χ3n) is 1.92. The molecule has 0 aromatic rings. The average molecular weight is 353 g/mol. The fourth-order valence-electron chi connectivity index (χ4n) is 0.990. The smallest absolute Gasteiger partial charge is 0.00648 e. The van der Waals surface area contributed by atoms with Crippen molar-refractivity contribution in [1.82, 2.24) is 5.32 Å². The van der Waals surface area contributed by atoms with Gasteiger partial charge in [-0.25, -0.2) is 0 Å². The lowest BCUT2D eigenvalue weighted by Gasteiger charge is -2.05. The molecule has 1 aliphatic rings. The maximum absolute atomic E-state index is 3.37. The summed E-state index contributed by atoms with van der Waals surface area (Å²) in [6.07, 6.45) is 1.36. The minimum Gasteiger partial charge on any atom is -0.314 e. The molecular formula is C6H13I2N. The van der Waals surface area contributed by atoms with Crippen LogP contribution in [0.1, 0.15) is 20.3 Å². The largest absolute Gasteiger partial charge is 0.314 e. The molecule has 0 radical (unpaired) electrons. The number of halogens is 2. The zero-order chi connectivity index (χ0) is 7.28. The summed E-state index contributed by atoms with van der Waals surface area (Å²) >= 11 is 4.24. The summed E-state index contributed by atoms with van der Waals surface area (Å²) in [5, 5.41) is 3.37. The van der Waals surface area contributed by atoms with Gasteiger partial charge in [0.25, 0.3) is 0 Å². The van der Waals surface area contributed by atoms with E-state index in [0.717, 1.165) is 12.0 Å². The van der Waals surface area contributed by atoms with Crippen molar-refractivity contribution < 1.29 is 0 Å². The van der Waals surface area contributed by atoms with Gasteiger partial charge in [0.2, 0.25) is 0 Å². The first-order chi connectivity index (χ1) is 4.30. The SMILES string of the molecule is CC1CCNC1C.II. The van der Waals surface area contributed by atoms with Gasteiger partial charge in [-0.2, -0.15) is 0 Å². The van der Waals surface area contributed by atoms with Crippen LogP contribution < -0.4 is 5.32 Å². The quantitative estimate of drug-likeness (QED) is 0.661. The van der Waals surface area contributed by atoms with Gasteiger partial charge in [-0.05, 0) is 25.8 Å². The van der Waals surface area contributed by atoms with Crippen molar-refractivity contribution in [2.45, 2.75) is 26.3 Å². The van der Waals surface area contributed by atoms with E-state index in [-0.39, 0.29) is 0 Å². The monoisotopic (exact) mass is 353 g/mol. The molecule has 1 nitrogen and oxygen atoms in total. The zero-order valence-electron chi connectivity index (χ0n) is 5.82. The molecule has 0 saturated carbocycles. The van der Waals surface area contributed by atoms with Crippen LogP contribution in [0.2, 0.25) is 0 Å². The number of hydrogen-bond acceptors (Lipinski definition) is 1. The van der Waals surface area contributed by atoms with Gasteiger partial charge in [0.1, 0.15) is 0 Å². The van der Waals surface area contributed by atoms with E-state index in [2.05, 4.69) is 56.4 Å². The maximum Gasteiger partial charge on any atom is 0.00648 e. The molecule has 1 rings (SSSR count). The molecule has 2 unspecified atom stereocenters. The van der Waals surface area contributed by atoms with Crippen molar-refractivity contribution in [2.75, 3.05) is 6.54 Å². The predicted octanol–water partition coefficient (Wildman–Crippen LogP) is 2.78. The summed E-state index contributed by atoms with van der Waals surface area (Å²) in [4.78, 5) is 0. The van der Waals surface area contributed by atoms with E-state index < -0.39 is 0 Å². The van der Waals surface area contributed by atoms with E-state index >= 15 is 0 Å². The van der Waals surface area contributed by atoms with Gasteiger partial charge in [-0.15, -0.1) is 0 Å². The van der Waals surface area contributed by atoms with Gasteiger partial charge in [-0.3, -0.25) is 0 Å². The Kier molecular flexibility index (Phi) is 7.12. The summed E-state index contributed by atoms with van der Waals surface area (Å²) < 4.78 is 0. The van der Waals surface area contributed by atoms with Crippen molar-refractivity contribution in [3.8, 4) is 0 Å². The Bertz CT molecular complexity index is 60.1. The summed E-state index contributed by atoms with van der Waals surface area (Å²) in [7, 11) is 0. The minimum absolute atomic E-state index is 0.764. The fourth-order valence-corrected chi connectivity index (χ4v) is 0.990. The van der Waals surface area contributed by atoms with Crippen LogP contribution in [0.4, 0.5) is 0 Å². The molecular weight excluding hydrogens is 340 g/mol. The molecule has 0 aliphatic carbocycles. The number of rotatable bonds is 0. The van der Waals surface area contributed by atoms with E-state index in [1.807, 2.05) is 0 Å². The van der Waals surface area contributed by atoms with E-state index in [9.17, 15) is 0 Å². The summed E-state index contributed by atoms with van der Waals surface area (Å²) in [6, 6.07) is 0.764. The molecule has 0 aromatic carbocycles. The fraction of sp³-hybridized carbons (Fsp3) is 1.00. The first-order valence-electron chi connectivity index (χ1n) is 3.18. The third kappa shape index (κ3) is 3.98. The van der Waals surface area contributed by atoms with Gasteiger partial charge in [0.15, 0.2) is 0 Å². The Labute approximate surface area is 80.7 Å². The van der Waals surface area contributed by atoms with Crippen LogP contribution in [0.15, 0.2) is 0 Å². The lowest BCUT2D eigenvalue weighted by atomic mass is 10.1. The second-order valence-electron chi connectivity index (χ2n) is 2.51. The molecule has 1 saturated heterocycles. The van der Waals surface area contributed by atoms with Crippen LogP contribution in [0, 0.1) is 5.92 Å². The third-order valence-corrected chi connectivity index (χ3v) is 1.92. The molecule has 0 aromatic heterocycles. The Balaban J connectivity index is 0.000000291. The Morgan fingerprint density at radius 2 is 1.89 bits per heavy atom. The summed E-state index contributed by atoms with van der Waals surface area (Å²) in [5.41, 5.74) is 0. The standard InChI is InChI=1S/C6H13N.I2/c1-5-3-4-7-6(5)2;1-2/h5-7H,3-4H2,1-2H3;. The first kappa shape index (κ1) is 10.4. The summed E-state index contributed by atoms with van der Waals surface area (Å²) in [6.45, 7) is 5.77. The van der Waals surface area contributed by atoms with Crippen molar-refractivity contribution in [2.24, 2.45) is 5.92 Å². The Morgan fingerprint density at radius 1 is 1.33 bits per heavy atom. The van der Waals surface area contributed by atoms with E-state index in [1.54, 1.807) is 0 Å². The molecule has 3 heteroatoms. The molecule has 9 heavy (non-hydrogen) atoms. The Hall–Kier alpha value is 1.42. The van der Waals surface area contributed by atoms with Crippen LogP contribution >= 0.6 is 37.2 Å². The maximum atomic E-state index is 3.37. The highest BCUT2D eigenvalue weighted by Crippen LogP contribution is 2.12. The predicted molar refractivity (Wildman–Crippen MR) is 59.3 cm³/mol. The number of hydrogen-bond donors (Lipinski definition) is 1. The molecule has 1 fully saturated rings. The highest BCUT2D eigenvalue weighted by Gasteiger charge is 2.16. The van der Waals surface area contributed by atoms with Crippen molar-refractivity contribution in [1.29, 1.82) is 0 Å². The van der Waals surface area contributed by atoms with Crippen molar-refractivity contribution in [3.63, 3.8) is 0 Å². The van der Waals surface area contributed by atoms with Gasteiger partial charge in [0, 0.05) is 43.3 Å². The number of nitrogens with one attached hydrogen (secondary N) is 1. The van der Waals surface area contributed by atoms with Crippen LogP contribution in [-0.2, 0) is 0 Å². The lowest BCUT2D eigenvalue weighted by molar-refractivity contribution is 0.519. The molecule has 2 atom stereocenters. The van der Waals surface area contributed by atoms with Crippen LogP contribution in [0.5, 0.6) is 0 Å². The van der Waals surface area contributed by atoms with Gasteiger partial charge in [0.05, 0.1) is 0 Å². The molecule has 1 heterocycles. The molecule has 56 valence electrons. The Morgan fingerprint density at radius 3 is 2.00 bits per heavy atom. The van der Waals surface area contributed by atoms with Crippen LogP contribution in [-0.4, -0.2) is 12.6 Å². The molecule has 0 bridgehead atoms. The molecule has 1 N–H and O–H groups in total. The highest BCUT2D eigenvalue weighted by molar-refractivity contribution is 15.0. The minimum atomic E-state index is 0.764. The van der Waals surface area contributed by atoms with E-state index in [0.29, 0.717) is 0 Å². The van der Waals surface area contributed by atoms with Gasteiger partial charge in [-0.1, -0.05) is 6.92 Å². The van der Waals surface area contributed by atoms with E-state index in [1.165, 1.54) is 13.0 Å². The normalized spacial score (nSPS) is 33.3. The summed E-state index contributed by atoms with van der Waals surface area (Å²) in [5.74, 6) is 0.903. The van der Waals surface area contributed by atoms with E-state index in [4.69, 9.17) is 0 Å². The van der Waals surface area contributed by atoms with Gasteiger partial charge >= 0.3 is 0 Å². The highest BCUT2D eigenvalue weighted by atomic mass is 128. The van der Waals surface area contributed by atoms with Gasteiger partial charge < -0.3 is 5.32 Å². The lowest BCUT2D eigenvalue weighted by Crippen LogP contribution is -2.20. The topological polar surface area (TPSA) is 12.0 Å². The second kappa shape index (κ2) is 6.15. The zero-order valence-corrected chi connectivity index (χ0v) is 10.1. The molecule has 1 aliphatic heterocycles. The molecule has 0 amide bonds. The average Bonchev–Trinajstić information content (AvgIpc) is 2.23. The van der Waals surface area contributed by atoms with Crippen molar-refractivity contribution in [3.05, 3.63) is 0 Å². The second-order valence-corrected chi connectivity index (χ2v) is 2.51. The molecule has 0 spiro atoms. The van der Waals surface area contributed by atoms with Crippen LogP contribution in [0.25, 0.3) is 0 Å². The first-order valence-corrected chi connectivity index (χ1v) is 9.47. The van der Waals surface area contributed by atoms with Crippen LogP contribution in [0.3, 0.4) is 0 Å².